The Bertz CT molecular complexity index is 363. The minimum atomic E-state index is -1.00. The van der Waals surface area contributed by atoms with Gasteiger partial charge in [0, 0.05) is 11.9 Å². The maximum atomic E-state index is 9.90. The summed E-state index contributed by atoms with van der Waals surface area (Å²) in [6.07, 6.45) is 1.52. The van der Waals surface area contributed by atoms with Crippen molar-refractivity contribution < 1.29 is 14.2 Å². The molecule has 0 spiro atoms. The van der Waals surface area contributed by atoms with Gasteiger partial charge in [-0.2, -0.15) is 12.6 Å². The first-order valence-electron chi connectivity index (χ1n) is 4.30. The van der Waals surface area contributed by atoms with Gasteiger partial charge in [0.25, 0.3) is 11.9 Å². The molecule has 0 aromatic carbocycles. The molecule has 3 N–H and O–H groups in total. The zero-order chi connectivity index (χ0) is 13.3. The van der Waals surface area contributed by atoms with Gasteiger partial charge >= 0.3 is 5.97 Å². The molecule has 9 heteroatoms. The van der Waals surface area contributed by atoms with E-state index in [-0.39, 0.29) is 5.75 Å². The lowest BCUT2D eigenvalue weighted by Crippen LogP contribution is -2.31. The normalized spacial score (nSPS) is 10.9. The number of carboxylic acids is 1. The van der Waals surface area contributed by atoms with Crippen LogP contribution in [0.1, 0.15) is 0 Å². The summed E-state index contributed by atoms with van der Waals surface area (Å²) < 4.78 is -0.484. The SMILES string of the molecule is NC(CS)C(=O)O.O=[N+]([O-])Sc1ccccn1. The fourth-order valence-corrected chi connectivity index (χ4v) is 1.11. The van der Waals surface area contributed by atoms with E-state index in [1.54, 1.807) is 18.2 Å². The molecule has 0 amide bonds. The van der Waals surface area contributed by atoms with Crippen LogP contribution in [0.25, 0.3) is 0 Å². The lowest BCUT2D eigenvalue weighted by molar-refractivity contribution is -0.284. The van der Waals surface area contributed by atoms with E-state index in [0.29, 0.717) is 17.0 Å². The summed E-state index contributed by atoms with van der Waals surface area (Å²) in [5.74, 6) is -0.815. The average Bonchev–Trinajstić information content (AvgIpc) is 2.29. The maximum Gasteiger partial charge on any atom is 0.321 e. The Kier molecular flexibility index (Phi) is 8.11. The summed E-state index contributed by atoms with van der Waals surface area (Å²) in [5, 5.41) is 18.3. The molecule has 0 bridgehead atoms. The van der Waals surface area contributed by atoms with Gasteiger partial charge in [0.1, 0.15) is 10.4 Å². The molecule has 0 radical (unpaired) electrons. The van der Waals surface area contributed by atoms with Crippen molar-refractivity contribution >= 4 is 30.5 Å². The monoisotopic (exact) mass is 277 g/mol. The summed E-state index contributed by atoms with van der Waals surface area (Å²) in [6, 6.07) is 4.19. The molecular formula is C8H11N3O4S2. The van der Waals surface area contributed by atoms with E-state index < -0.39 is 16.3 Å². The second-order valence-electron chi connectivity index (χ2n) is 2.61. The van der Waals surface area contributed by atoms with Gasteiger partial charge in [-0.1, -0.05) is 6.07 Å². The van der Waals surface area contributed by atoms with E-state index in [1.165, 1.54) is 6.20 Å². The number of nitro groups is 1. The number of nitrogens with two attached hydrogens (primary N) is 1. The molecular weight excluding hydrogens is 266 g/mol. The molecule has 7 nitrogen and oxygen atoms in total. The number of nitrogens with zero attached hydrogens (tertiary/aromatic N) is 2. The Morgan fingerprint density at radius 1 is 1.71 bits per heavy atom. The third-order valence-electron chi connectivity index (χ3n) is 1.32. The maximum absolute atomic E-state index is 9.90. The average molecular weight is 277 g/mol. The molecule has 1 atom stereocenters. The Morgan fingerprint density at radius 3 is 2.65 bits per heavy atom. The lowest BCUT2D eigenvalue weighted by atomic mass is 10.4. The van der Waals surface area contributed by atoms with Crippen molar-refractivity contribution in [1.29, 1.82) is 0 Å². The first-order chi connectivity index (χ1) is 7.97. The zero-order valence-corrected chi connectivity index (χ0v) is 10.3. The quantitative estimate of drug-likeness (QED) is 0.320. The molecule has 1 rings (SSSR count). The predicted octanol–water partition coefficient (Wildman–Crippen LogP) is 0.694. The Hall–Kier alpha value is -1.32. The second kappa shape index (κ2) is 8.79. The van der Waals surface area contributed by atoms with Crippen LogP contribution in [-0.4, -0.2) is 32.2 Å². The van der Waals surface area contributed by atoms with Crippen molar-refractivity contribution in [2.24, 2.45) is 5.73 Å². The van der Waals surface area contributed by atoms with Crippen molar-refractivity contribution in [1.82, 2.24) is 4.98 Å². The van der Waals surface area contributed by atoms with Crippen LogP contribution in [0, 0.1) is 10.1 Å². The number of hydrogen-bond acceptors (Lipinski definition) is 7. The first-order valence-corrected chi connectivity index (χ1v) is 5.70. The summed E-state index contributed by atoms with van der Waals surface area (Å²) >= 11 is 4.16. The van der Waals surface area contributed by atoms with Crippen LogP contribution in [0.5, 0.6) is 0 Å². The molecule has 0 aliphatic heterocycles. The van der Waals surface area contributed by atoms with Crippen molar-refractivity contribution in [3.8, 4) is 0 Å². The summed E-state index contributed by atoms with van der Waals surface area (Å²) in [4.78, 5) is 23.4. The van der Waals surface area contributed by atoms with Crippen LogP contribution in [0.15, 0.2) is 29.4 Å². The van der Waals surface area contributed by atoms with Gasteiger partial charge in [0.2, 0.25) is 0 Å². The third-order valence-corrected chi connectivity index (χ3v) is 2.29. The Labute approximate surface area is 107 Å². The summed E-state index contributed by atoms with van der Waals surface area (Å²) in [7, 11) is 0. The predicted molar refractivity (Wildman–Crippen MR) is 66.6 cm³/mol. The van der Waals surface area contributed by atoms with E-state index >= 15 is 0 Å². The molecule has 1 aromatic rings. The highest BCUT2D eigenvalue weighted by Crippen LogP contribution is 2.12. The minimum Gasteiger partial charge on any atom is -0.480 e. The van der Waals surface area contributed by atoms with Crippen molar-refractivity contribution in [3.63, 3.8) is 0 Å². The van der Waals surface area contributed by atoms with Crippen molar-refractivity contribution in [2.75, 3.05) is 5.75 Å². The first kappa shape index (κ1) is 15.7. The van der Waals surface area contributed by atoms with E-state index in [1.807, 2.05) is 0 Å². The van der Waals surface area contributed by atoms with E-state index in [2.05, 4.69) is 17.6 Å². The van der Waals surface area contributed by atoms with Crippen LogP contribution in [0.2, 0.25) is 0 Å². The molecule has 0 aliphatic carbocycles. The standard InChI is InChI=1S/C5H4N2O2S.C3H7NO2S/c8-7(9)10-5-3-1-2-4-6-5;4-2(1-7)3(5)6/h1-4H;2,7H,1,4H2,(H,5,6). The minimum absolute atomic E-state index is 0.190. The molecule has 1 aromatic heterocycles. The Morgan fingerprint density at radius 2 is 2.35 bits per heavy atom. The van der Waals surface area contributed by atoms with Gasteiger partial charge in [0.05, 0.1) is 0 Å². The number of thiol groups is 1. The van der Waals surface area contributed by atoms with Crippen LogP contribution in [0.4, 0.5) is 0 Å². The fraction of sp³-hybridized carbons (Fsp3) is 0.250. The second-order valence-corrected chi connectivity index (χ2v) is 3.87. The molecule has 1 unspecified atom stereocenters. The molecule has 0 aliphatic rings. The van der Waals surface area contributed by atoms with Crippen LogP contribution < -0.4 is 5.73 Å². The number of carbonyl (C=O) groups is 1. The highest BCUT2D eigenvalue weighted by molar-refractivity contribution is 7.93. The van der Waals surface area contributed by atoms with Crippen LogP contribution in [0.3, 0.4) is 0 Å². The smallest absolute Gasteiger partial charge is 0.321 e. The third kappa shape index (κ3) is 8.48. The summed E-state index contributed by atoms with van der Waals surface area (Å²) in [6.45, 7) is 0. The fourth-order valence-electron chi connectivity index (χ4n) is 0.556. The number of rotatable bonds is 4. The lowest BCUT2D eigenvalue weighted by Gasteiger charge is -1.96. The van der Waals surface area contributed by atoms with Gasteiger partial charge in [-0.25, -0.2) is 4.98 Å². The van der Waals surface area contributed by atoms with Crippen molar-refractivity contribution in [2.45, 2.75) is 11.1 Å². The van der Waals surface area contributed by atoms with E-state index in [9.17, 15) is 14.9 Å². The molecule has 0 saturated heterocycles. The van der Waals surface area contributed by atoms with E-state index in [0.717, 1.165) is 0 Å². The highest BCUT2D eigenvalue weighted by atomic mass is 32.2. The number of aromatic nitrogens is 1. The highest BCUT2D eigenvalue weighted by Gasteiger charge is 2.06. The van der Waals surface area contributed by atoms with Gasteiger partial charge < -0.3 is 10.8 Å². The van der Waals surface area contributed by atoms with Crippen LogP contribution in [-0.2, 0) is 4.79 Å². The topological polar surface area (TPSA) is 119 Å². The van der Waals surface area contributed by atoms with E-state index in [4.69, 9.17) is 10.8 Å². The van der Waals surface area contributed by atoms with Crippen LogP contribution >= 0.6 is 24.6 Å². The zero-order valence-electron chi connectivity index (χ0n) is 8.59. The number of pyridine rings is 1. The van der Waals surface area contributed by atoms with Gasteiger partial charge in [-0.15, -0.1) is 0 Å². The summed E-state index contributed by atoms with van der Waals surface area (Å²) in [5.41, 5.74) is 4.94. The van der Waals surface area contributed by atoms with Gasteiger partial charge in [-0.3, -0.25) is 14.9 Å². The number of hydrogen-bond donors (Lipinski definition) is 3. The van der Waals surface area contributed by atoms with Gasteiger partial charge in [0.15, 0.2) is 5.03 Å². The molecule has 0 saturated carbocycles. The molecule has 1 heterocycles. The largest absolute Gasteiger partial charge is 0.480 e. The molecule has 94 valence electrons. The number of aliphatic carboxylic acids is 1. The number of carboxylic acid groups (broad SMARTS) is 1. The molecule has 0 fully saturated rings. The Balaban J connectivity index is 0.000000325. The molecule has 17 heavy (non-hydrogen) atoms. The van der Waals surface area contributed by atoms with Crippen molar-refractivity contribution in [3.05, 3.63) is 34.5 Å². The van der Waals surface area contributed by atoms with Gasteiger partial charge in [-0.05, 0) is 12.1 Å².